The first-order chi connectivity index (χ1) is 11.6. The Morgan fingerprint density at radius 3 is 2.54 bits per heavy atom. The molecule has 2 heterocycles. The number of aliphatic hydroxyl groups is 1. The number of nitrogens with one attached hydrogen (secondary N) is 1. The van der Waals surface area contributed by atoms with E-state index in [1.54, 1.807) is 17.8 Å². The fraction of sp³-hybridized carbons (Fsp3) is 0.333. The normalized spacial score (nSPS) is 12.5. The van der Waals surface area contributed by atoms with Crippen molar-refractivity contribution in [1.29, 1.82) is 0 Å². The number of methoxy groups -OCH3 is 1. The predicted molar refractivity (Wildman–Crippen MR) is 94.3 cm³/mol. The van der Waals surface area contributed by atoms with Gasteiger partial charge in [0.25, 0.3) is 0 Å². The number of anilines is 1. The molecule has 1 atom stereocenters. The van der Waals surface area contributed by atoms with Crippen molar-refractivity contribution in [3.05, 3.63) is 42.6 Å². The highest BCUT2D eigenvalue weighted by Crippen LogP contribution is 2.23. The monoisotopic (exact) mass is 326 g/mol. The Bertz CT molecular complexity index is 812. The number of benzene rings is 1. The summed E-state index contributed by atoms with van der Waals surface area (Å²) in [6.45, 7) is 4.19. The maximum atomic E-state index is 9.49. The molecule has 0 saturated carbocycles. The molecule has 24 heavy (non-hydrogen) atoms. The molecule has 0 unspecified atom stereocenters. The highest BCUT2D eigenvalue weighted by atomic mass is 16.5. The van der Waals surface area contributed by atoms with Gasteiger partial charge in [-0.05, 0) is 42.3 Å². The lowest BCUT2D eigenvalue weighted by Gasteiger charge is -2.20. The fourth-order valence-corrected chi connectivity index (χ4v) is 2.52. The highest BCUT2D eigenvalue weighted by Gasteiger charge is 2.14. The van der Waals surface area contributed by atoms with Gasteiger partial charge in [-0.1, -0.05) is 13.8 Å². The Labute approximate surface area is 141 Å². The number of aromatic nitrogens is 3. The van der Waals surface area contributed by atoms with Crippen LogP contribution in [0, 0.1) is 5.92 Å². The molecular weight excluding hydrogens is 304 g/mol. The van der Waals surface area contributed by atoms with E-state index in [-0.39, 0.29) is 12.6 Å². The van der Waals surface area contributed by atoms with Crippen molar-refractivity contribution in [3.63, 3.8) is 0 Å². The Balaban J connectivity index is 1.96. The van der Waals surface area contributed by atoms with Gasteiger partial charge in [-0.15, -0.1) is 5.10 Å². The van der Waals surface area contributed by atoms with Crippen LogP contribution in [0.1, 0.15) is 13.8 Å². The van der Waals surface area contributed by atoms with E-state index in [1.807, 2.05) is 36.4 Å². The minimum atomic E-state index is -0.0390. The lowest BCUT2D eigenvalue weighted by Crippen LogP contribution is -2.30. The summed E-state index contributed by atoms with van der Waals surface area (Å²) in [6.07, 6.45) is 1.81. The Morgan fingerprint density at radius 1 is 1.17 bits per heavy atom. The maximum Gasteiger partial charge on any atom is 0.154 e. The zero-order valence-corrected chi connectivity index (χ0v) is 14.1. The van der Waals surface area contributed by atoms with Crippen molar-refractivity contribution in [2.75, 3.05) is 19.0 Å². The second-order valence-electron chi connectivity index (χ2n) is 6.04. The van der Waals surface area contributed by atoms with E-state index in [1.165, 1.54) is 0 Å². The van der Waals surface area contributed by atoms with E-state index in [0.717, 1.165) is 22.7 Å². The molecule has 2 aromatic heterocycles. The van der Waals surface area contributed by atoms with Crippen molar-refractivity contribution in [2.24, 2.45) is 5.92 Å². The van der Waals surface area contributed by atoms with Gasteiger partial charge in [-0.25, -0.2) is 9.50 Å². The topological polar surface area (TPSA) is 71.7 Å². The highest BCUT2D eigenvalue weighted by molar-refractivity contribution is 5.64. The first kappa shape index (κ1) is 16.3. The summed E-state index contributed by atoms with van der Waals surface area (Å²) in [5, 5.41) is 17.4. The molecule has 3 aromatic rings. The molecule has 0 aliphatic carbocycles. The molecule has 6 heteroatoms. The van der Waals surface area contributed by atoms with Crippen molar-refractivity contribution >= 4 is 11.5 Å². The second-order valence-corrected chi connectivity index (χ2v) is 6.04. The van der Waals surface area contributed by atoms with Gasteiger partial charge in [0, 0.05) is 5.56 Å². The molecular formula is C18H22N4O2. The van der Waals surface area contributed by atoms with Gasteiger partial charge in [-0.3, -0.25) is 0 Å². The largest absolute Gasteiger partial charge is 0.497 e. The third-order valence-electron chi connectivity index (χ3n) is 4.08. The van der Waals surface area contributed by atoms with Crippen LogP contribution in [0.5, 0.6) is 5.75 Å². The minimum absolute atomic E-state index is 0.0390. The summed E-state index contributed by atoms with van der Waals surface area (Å²) < 4.78 is 7.00. The molecule has 0 bridgehead atoms. The van der Waals surface area contributed by atoms with Crippen molar-refractivity contribution in [3.8, 4) is 17.0 Å². The van der Waals surface area contributed by atoms with Crippen LogP contribution >= 0.6 is 0 Å². The molecule has 0 saturated heterocycles. The molecule has 3 rings (SSSR count). The molecule has 0 spiro atoms. The third kappa shape index (κ3) is 3.19. The van der Waals surface area contributed by atoms with Gasteiger partial charge in [0.05, 0.1) is 31.6 Å². The molecule has 0 fully saturated rings. The zero-order valence-electron chi connectivity index (χ0n) is 14.1. The molecule has 6 nitrogen and oxygen atoms in total. The lowest BCUT2D eigenvalue weighted by molar-refractivity contribution is 0.249. The van der Waals surface area contributed by atoms with E-state index in [2.05, 4.69) is 29.2 Å². The fourth-order valence-electron chi connectivity index (χ4n) is 2.52. The van der Waals surface area contributed by atoms with Crippen LogP contribution in [0.15, 0.2) is 42.6 Å². The number of imidazole rings is 1. The molecule has 2 N–H and O–H groups in total. The standard InChI is InChI=1S/C18H22N4O2/c1-12(2)15(11-23)20-17-8-9-18-19-10-16(22(18)21-17)13-4-6-14(24-3)7-5-13/h4-10,12,15,23H,11H2,1-3H3,(H,20,21)/t15-/m1/s1. The molecule has 0 aliphatic rings. The third-order valence-corrected chi connectivity index (χ3v) is 4.08. The van der Waals surface area contributed by atoms with Gasteiger partial charge in [0.1, 0.15) is 11.6 Å². The minimum Gasteiger partial charge on any atom is -0.497 e. The summed E-state index contributed by atoms with van der Waals surface area (Å²) in [5.41, 5.74) is 2.69. The van der Waals surface area contributed by atoms with Crippen LogP contribution in [0.25, 0.3) is 16.9 Å². The summed E-state index contributed by atoms with van der Waals surface area (Å²) in [7, 11) is 1.65. The maximum absolute atomic E-state index is 9.49. The van der Waals surface area contributed by atoms with Gasteiger partial charge < -0.3 is 15.2 Å². The molecule has 0 aliphatic heterocycles. The molecule has 0 radical (unpaired) electrons. The van der Waals surface area contributed by atoms with Crippen LogP contribution in [-0.2, 0) is 0 Å². The van der Waals surface area contributed by atoms with Gasteiger partial charge >= 0.3 is 0 Å². The van der Waals surface area contributed by atoms with E-state index < -0.39 is 0 Å². The zero-order chi connectivity index (χ0) is 17.1. The van der Waals surface area contributed by atoms with Crippen LogP contribution in [0.3, 0.4) is 0 Å². The molecule has 0 amide bonds. The SMILES string of the molecule is COc1ccc(-c2cnc3ccc(N[C@H](CO)C(C)C)nn23)cc1. The van der Waals surface area contributed by atoms with Crippen LogP contribution < -0.4 is 10.1 Å². The van der Waals surface area contributed by atoms with Crippen molar-refractivity contribution < 1.29 is 9.84 Å². The quantitative estimate of drug-likeness (QED) is 0.729. The van der Waals surface area contributed by atoms with E-state index in [0.29, 0.717) is 11.7 Å². The number of aliphatic hydroxyl groups excluding tert-OH is 1. The first-order valence-corrected chi connectivity index (χ1v) is 7.99. The number of fused-ring (bicyclic) bond motifs is 1. The number of hydrogen-bond acceptors (Lipinski definition) is 5. The Morgan fingerprint density at radius 2 is 1.92 bits per heavy atom. The van der Waals surface area contributed by atoms with Crippen molar-refractivity contribution in [1.82, 2.24) is 14.6 Å². The van der Waals surface area contributed by atoms with E-state index in [9.17, 15) is 5.11 Å². The Hall–Kier alpha value is -2.60. The van der Waals surface area contributed by atoms with Crippen LogP contribution in [-0.4, -0.2) is 39.5 Å². The van der Waals surface area contributed by atoms with Crippen molar-refractivity contribution in [2.45, 2.75) is 19.9 Å². The van der Waals surface area contributed by atoms with Gasteiger partial charge in [0.2, 0.25) is 0 Å². The molecule has 1 aromatic carbocycles. The summed E-state index contributed by atoms with van der Waals surface area (Å²) in [4.78, 5) is 4.41. The van der Waals surface area contributed by atoms with Crippen LogP contribution in [0.4, 0.5) is 5.82 Å². The number of nitrogens with zero attached hydrogens (tertiary/aromatic N) is 3. The molecule has 126 valence electrons. The summed E-state index contributed by atoms with van der Waals surface area (Å²) >= 11 is 0. The summed E-state index contributed by atoms with van der Waals surface area (Å²) in [6, 6.07) is 11.5. The second kappa shape index (κ2) is 6.88. The van der Waals surface area contributed by atoms with Gasteiger partial charge in [0.15, 0.2) is 5.65 Å². The predicted octanol–water partition coefficient (Wildman–Crippen LogP) is 2.83. The van der Waals surface area contributed by atoms with E-state index >= 15 is 0 Å². The first-order valence-electron chi connectivity index (χ1n) is 7.99. The number of hydrogen-bond donors (Lipinski definition) is 2. The van der Waals surface area contributed by atoms with E-state index in [4.69, 9.17) is 4.74 Å². The summed E-state index contributed by atoms with van der Waals surface area (Å²) in [5.74, 6) is 1.82. The average Bonchev–Trinajstić information content (AvgIpc) is 3.02. The Kier molecular flexibility index (Phi) is 4.66. The van der Waals surface area contributed by atoms with Gasteiger partial charge in [-0.2, -0.15) is 0 Å². The average molecular weight is 326 g/mol. The lowest BCUT2D eigenvalue weighted by atomic mass is 10.1. The number of rotatable bonds is 6. The number of ether oxygens (including phenoxy) is 1. The smallest absolute Gasteiger partial charge is 0.154 e. The van der Waals surface area contributed by atoms with Crippen LogP contribution in [0.2, 0.25) is 0 Å².